The zero-order valence-electron chi connectivity index (χ0n) is 11.5. The van der Waals surface area contributed by atoms with Crippen LogP contribution in [0.3, 0.4) is 0 Å². The van der Waals surface area contributed by atoms with Crippen LogP contribution in [0.5, 0.6) is 0 Å². The first-order valence-corrected chi connectivity index (χ1v) is 7.41. The van der Waals surface area contributed by atoms with Crippen molar-refractivity contribution in [3.05, 3.63) is 39.2 Å². The maximum atomic E-state index is 5.96. The van der Waals surface area contributed by atoms with Gasteiger partial charge in [0.25, 0.3) is 0 Å². The molecule has 1 aromatic carbocycles. The lowest BCUT2D eigenvalue weighted by Crippen LogP contribution is -2.04. The van der Waals surface area contributed by atoms with Gasteiger partial charge in [-0.05, 0) is 46.5 Å². The first-order valence-electron chi connectivity index (χ1n) is 6.24. The van der Waals surface area contributed by atoms with E-state index >= 15 is 0 Å². The molecular formula is C14H16BrClN4. The molecule has 0 spiro atoms. The molecule has 0 bridgehead atoms. The number of hydrogen-bond acceptors (Lipinski definition) is 4. The topological polar surface area (TPSA) is 63.8 Å². The highest BCUT2D eigenvalue weighted by Gasteiger charge is 2.11. The van der Waals surface area contributed by atoms with Crippen molar-refractivity contribution in [2.24, 2.45) is 0 Å². The molecule has 20 heavy (non-hydrogen) atoms. The van der Waals surface area contributed by atoms with Gasteiger partial charge in [-0.3, -0.25) is 0 Å². The lowest BCUT2D eigenvalue weighted by Gasteiger charge is -2.13. The third kappa shape index (κ3) is 3.22. The van der Waals surface area contributed by atoms with E-state index in [2.05, 4.69) is 57.2 Å². The standard InChI is InChI=1S/C14H16BrClN4/c1-7(2)9-4-5-11(10(15)6-9)20-14-12(17)13(16)18-8(3)19-14/h4-7H,17H2,1-3H3,(H,18,19,20). The van der Waals surface area contributed by atoms with E-state index in [1.54, 1.807) is 6.92 Å². The summed E-state index contributed by atoms with van der Waals surface area (Å²) in [5.74, 6) is 1.56. The van der Waals surface area contributed by atoms with E-state index in [0.29, 0.717) is 23.2 Å². The Morgan fingerprint density at radius 1 is 1.30 bits per heavy atom. The molecule has 106 valence electrons. The maximum absolute atomic E-state index is 5.96. The van der Waals surface area contributed by atoms with Crippen LogP contribution in [0.4, 0.5) is 17.2 Å². The van der Waals surface area contributed by atoms with Gasteiger partial charge < -0.3 is 11.1 Å². The number of halogens is 2. The molecule has 0 amide bonds. The lowest BCUT2D eigenvalue weighted by atomic mass is 10.0. The fourth-order valence-electron chi connectivity index (χ4n) is 1.76. The Bertz CT molecular complexity index is 643. The van der Waals surface area contributed by atoms with E-state index in [1.807, 2.05) is 6.07 Å². The number of nitrogens with two attached hydrogens (primary N) is 1. The molecule has 0 aliphatic rings. The highest BCUT2D eigenvalue weighted by atomic mass is 79.9. The molecule has 0 fully saturated rings. The van der Waals surface area contributed by atoms with Crippen molar-refractivity contribution in [3.8, 4) is 0 Å². The summed E-state index contributed by atoms with van der Waals surface area (Å²) in [6.07, 6.45) is 0. The smallest absolute Gasteiger partial charge is 0.159 e. The molecule has 1 heterocycles. The molecule has 0 saturated carbocycles. The van der Waals surface area contributed by atoms with E-state index < -0.39 is 0 Å². The summed E-state index contributed by atoms with van der Waals surface area (Å²) >= 11 is 9.52. The molecule has 1 aromatic heterocycles. The molecule has 0 atom stereocenters. The second-order valence-electron chi connectivity index (χ2n) is 4.84. The molecule has 6 heteroatoms. The van der Waals surface area contributed by atoms with E-state index in [4.69, 9.17) is 17.3 Å². The largest absolute Gasteiger partial charge is 0.393 e. The quantitative estimate of drug-likeness (QED) is 0.787. The predicted molar refractivity (Wildman–Crippen MR) is 87.7 cm³/mol. The van der Waals surface area contributed by atoms with Gasteiger partial charge in [0.05, 0.1) is 5.69 Å². The van der Waals surface area contributed by atoms with Crippen molar-refractivity contribution in [1.29, 1.82) is 0 Å². The van der Waals surface area contributed by atoms with Crippen molar-refractivity contribution in [3.63, 3.8) is 0 Å². The summed E-state index contributed by atoms with van der Waals surface area (Å²) < 4.78 is 0.954. The number of aryl methyl sites for hydroxylation is 1. The van der Waals surface area contributed by atoms with Crippen molar-refractivity contribution in [2.45, 2.75) is 26.7 Å². The van der Waals surface area contributed by atoms with Crippen LogP contribution in [0.2, 0.25) is 5.15 Å². The van der Waals surface area contributed by atoms with Gasteiger partial charge in [0, 0.05) is 4.47 Å². The minimum absolute atomic E-state index is 0.259. The van der Waals surface area contributed by atoms with Crippen LogP contribution in [0.15, 0.2) is 22.7 Å². The fraction of sp³-hybridized carbons (Fsp3) is 0.286. The summed E-state index contributed by atoms with van der Waals surface area (Å²) in [6, 6.07) is 6.15. The number of nitrogen functional groups attached to an aromatic ring is 1. The summed E-state index contributed by atoms with van der Waals surface area (Å²) in [7, 11) is 0. The van der Waals surface area contributed by atoms with Gasteiger partial charge in [0.1, 0.15) is 11.5 Å². The number of anilines is 3. The van der Waals surface area contributed by atoms with Crippen molar-refractivity contribution >= 4 is 44.7 Å². The van der Waals surface area contributed by atoms with E-state index in [-0.39, 0.29) is 5.15 Å². The second kappa shape index (κ2) is 5.97. The molecule has 2 rings (SSSR count). The Hall–Kier alpha value is -1.33. The van der Waals surface area contributed by atoms with Crippen molar-refractivity contribution < 1.29 is 0 Å². The Balaban J connectivity index is 2.35. The number of benzene rings is 1. The van der Waals surface area contributed by atoms with Gasteiger partial charge in [-0.2, -0.15) is 0 Å². The molecule has 4 nitrogen and oxygen atoms in total. The molecule has 0 unspecified atom stereocenters. The van der Waals surface area contributed by atoms with Crippen LogP contribution < -0.4 is 11.1 Å². The summed E-state index contributed by atoms with van der Waals surface area (Å²) in [5.41, 5.74) is 8.38. The maximum Gasteiger partial charge on any atom is 0.159 e. The number of aromatic nitrogens is 2. The summed E-state index contributed by atoms with van der Waals surface area (Å²) in [4.78, 5) is 8.29. The van der Waals surface area contributed by atoms with E-state index in [0.717, 1.165) is 10.2 Å². The Labute approximate surface area is 131 Å². The van der Waals surface area contributed by atoms with Gasteiger partial charge in [-0.25, -0.2) is 9.97 Å². The van der Waals surface area contributed by atoms with Crippen LogP contribution in [0, 0.1) is 6.92 Å². The summed E-state index contributed by atoms with van der Waals surface area (Å²) in [5, 5.41) is 3.44. The molecule has 0 aliphatic heterocycles. The minimum atomic E-state index is 0.259. The number of nitrogens with one attached hydrogen (secondary N) is 1. The van der Waals surface area contributed by atoms with Gasteiger partial charge in [0.15, 0.2) is 11.0 Å². The average molecular weight is 356 g/mol. The third-order valence-corrected chi connectivity index (χ3v) is 3.87. The van der Waals surface area contributed by atoms with Crippen molar-refractivity contribution in [2.75, 3.05) is 11.1 Å². The molecule has 0 radical (unpaired) electrons. The first kappa shape index (κ1) is 15.1. The fourth-order valence-corrected chi connectivity index (χ4v) is 2.47. The van der Waals surface area contributed by atoms with Crippen LogP contribution in [-0.2, 0) is 0 Å². The summed E-state index contributed by atoms with van der Waals surface area (Å²) in [6.45, 7) is 6.08. The highest BCUT2D eigenvalue weighted by molar-refractivity contribution is 9.10. The Kier molecular flexibility index (Phi) is 4.50. The van der Waals surface area contributed by atoms with Gasteiger partial charge in [-0.1, -0.05) is 31.5 Å². The van der Waals surface area contributed by atoms with Gasteiger partial charge >= 0.3 is 0 Å². The number of rotatable bonds is 3. The van der Waals surface area contributed by atoms with Crippen LogP contribution in [-0.4, -0.2) is 9.97 Å². The second-order valence-corrected chi connectivity index (χ2v) is 6.06. The zero-order valence-corrected chi connectivity index (χ0v) is 13.9. The van der Waals surface area contributed by atoms with E-state index in [9.17, 15) is 0 Å². The highest BCUT2D eigenvalue weighted by Crippen LogP contribution is 2.32. The van der Waals surface area contributed by atoms with Gasteiger partial charge in [-0.15, -0.1) is 0 Å². The van der Waals surface area contributed by atoms with E-state index in [1.165, 1.54) is 5.56 Å². The predicted octanol–water partition coefficient (Wildman–Crippen LogP) is 4.65. The van der Waals surface area contributed by atoms with Crippen LogP contribution in [0.25, 0.3) is 0 Å². The van der Waals surface area contributed by atoms with Crippen molar-refractivity contribution in [1.82, 2.24) is 9.97 Å². The normalized spacial score (nSPS) is 10.9. The van der Waals surface area contributed by atoms with Gasteiger partial charge in [0.2, 0.25) is 0 Å². The molecule has 0 saturated heterocycles. The molecular weight excluding hydrogens is 340 g/mol. The lowest BCUT2D eigenvalue weighted by molar-refractivity contribution is 0.866. The Morgan fingerprint density at radius 3 is 2.60 bits per heavy atom. The SMILES string of the molecule is Cc1nc(Cl)c(N)c(Nc2ccc(C(C)C)cc2Br)n1. The number of hydrogen-bond donors (Lipinski definition) is 2. The third-order valence-electron chi connectivity index (χ3n) is 2.92. The van der Waals surface area contributed by atoms with Crippen LogP contribution in [0.1, 0.15) is 31.2 Å². The molecule has 3 N–H and O–H groups in total. The average Bonchev–Trinajstić information content (AvgIpc) is 2.37. The minimum Gasteiger partial charge on any atom is -0.393 e. The molecule has 0 aliphatic carbocycles. The number of nitrogens with zero attached hydrogens (tertiary/aromatic N) is 2. The zero-order chi connectivity index (χ0) is 14.9. The molecule has 2 aromatic rings. The van der Waals surface area contributed by atoms with Crippen LogP contribution >= 0.6 is 27.5 Å². The first-order chi connectivity index (χ1) is 9.38. The Morgan fingerprint density at radius 2 is 2.00 bits per heavy atom. The monoisotopic (exact) mass is 354 g/mol.